The number of nitrogens with zero attached hydrogens (tertiary/aromatic N) is 4. The van der Waals surface area contributed by atoms with E-state index in [0.717, 1.165) is 9.63 Å². The van der Waals surface area contributed by atoms with Crippen molar-refractivity contribution < 1.29 is 0 Å². The number of thioether (sulfide) groups is 1. The van der Waals surface area contributed by atoms with E-state index in [-0.39, 0.29) is 0 Å². The van der Waals surface area contributed by atoms with Crippen LogP contribution in [0.15, 0.2) is 20.8 Å². The average molecular weight is 275 g/mol. The van der Waals surface area contributed by atoms with E-state index in [1.807, 2.05) is 25.3 Å². The Labute approximate surface area is 96.0 Å². The second-order valence-electron chi connectivity index (χ2n) is 2.74. The predicted octanol–water partition coefficient (Wildman–Crippen LogP) is 2.18. The molecule has 0 spiro atoms. The summed E-state index contributed by atoms with van der Waals surface area (Å²) >= 11 is 4.84. The van der Waals surface area contributed by atoms with E-state index in [9.17, 15) is 0 Å². The quantitative estimate of drug-likeness (QED) is 0.367. The van der Waals surface area contributed by atoms with Crippen LogP contribution in [0.1, 0.15) is 0 Å². The van der Waals surface area contributed by atoms with Crippen LogP contribution >= 0.6 is 27.7 Å². The number of hydrogen-bond donors (Lipinski definition) is 0. The van der Waals surface area contributed by atoms with Gasteiger partial charge in [0.15, 0.2) is 11.0 Å². The van der Waals surface area contributed by atoms with Crippen molar-refractivity contribution in [1.29, 1.82) is 0 Å². The first-order chi connectivity index (χ1) is 6.63. The van der Waals surface area contributed by atoms with Crippen molar-refractivity contribution in [2.45, 2.75) is 5.16 Å². The number of hydrogen-bond acceptors (Lipinski definition) is 4. The standard InChI is InChI=1S/C8H11BrN4S/c1-13(2)5-11-7-6(9)4-10-8(12-7)14-3/h4-5H,1-3H3. The van der Waals surface area contributed by atoms with E-state index in [1.165, 1.54) is 11.8 Å². The summed E-state index contributed by atoms with van der Waals surface area (Å²) in [6, 6.07) is 0. The van der Waals surface area contributed by atoms with Gasteiger partial charge >= 0.3 is 0 Å². The second-order valence-corrected chi connectivity index (χ2v) is 4.36. The molecular weight excluding hydrogens is 264 g/mol. The van der Waals surface area contributed by atoms with Gasteiger partial charge < -0.3 is 4.90 Å². The maximum absolute atomic E-state index is 4.24. The van der Waals surface area contributed by atoms with Crippen molar-refractivity contribution in [1.82, 2.24) is 14.9 Å². The highest BCUT2D eigenvalue weighted by Crippen LogP contribution is 2.23. The highest BCUT2D eigenvalue weighted by molar-refractivity contribution is 9.10. The fourth-order valence-corrected chi connectivity index (χ4v) is 1.33. The maximum Gasteiger partial charge on any atom is 0.189 e. The van der Waals surface area contributed by atoms with E-state index < -0.39 is 0 Å². The number of halogens is 1. The van der Waals surface area contributed by atoms with Crippen LogP contribution in [0.5, 0.6) is 0 Å². The van der Waals surface area contributed by atoms with Gasteiger partial charge in [-0.3, -0.25) is 0 Å². The fourth-order valence-electron chi connectivity index (χ4n) is 0.702. The molecule has 0 aliphatic carbocycles. The third-order valence-corrected chi connectivity index (χ3v) is 2.42. The summed E-state index contributed by atoms with van der Waals surface area (Å²) < 4.78 is 0.799. The third kappa shape index (κ3) is 3.26. The van der Waals surface area contributed by atoms with Crippen molar-refractivity contribution in [2.24, 2.45) is 4.99 Å². The van der Waals surface area contributed by atoms with E-state index in [0.29, 0.717) is 5.82 Å². The summed E-state index contributed by atoms with van der Waals surface area (Å²) in [4.78, 5) is 14.4. The molecule has 6 heteroatoms. The molecule has 0 saturated carbocycles. The Balaban J connectivity index is 2.94. The minimum atomic E-state index is 0.651. The minimum absolute atomic E-state index is 0.651. The molecule has 14 heavy (non-hydrogen) atoms. The molecule has 76 valence electrons. The fraction of sp³-hybridized carbons (Fsp3) is 0.375. The highest BCUT2D eigenvalue weighted by Gasteiger charge is 2.01. The van der Waals surface area contributed by atoms with Gasteiger partial charge in [-0.15, -0.1) is 0 Å². The van der Waals surface area contributed by atoms with E-state index in [4.69, 9.17) is 0 Å². The van der Waals surface area contributed by atoms with Crippen LogP contribution in [-0.4, -0.2) is 41.6 Å². The van der Waals surface area contributed by atoms with Crippen molar-refractivity contribution in [3.8, 4) is 0 Å². The lowest BCUT2D eigenvalue weighted by molar-refractivity contribution is 0.642. The van der Waals surface area contributed by atoms with Crippen molar-refractivity contribution in [2.75, 3.05) is 20.4 Å². The largest absolute Gasteiger partial charge is 0.369 e. The Morgan fingerprint density at radius 1 is 1.57 bits per heavy atom. The molecule has 4 nitrogen and oxygen atoms in total. The summed E-state index contributed by atoms with van der Waals surface area (Å²) in [6.07, 6.45) is 5.35. The lowest BCUT2D eigenvalue weighted by Crippen LogP contribution is -2.07. The molecular formula is C8H11BrN4S. The van der Waals surface area contributed by atoms with Crippen LogP contribution in [0.2, 0.25) is 0 Å². The first-order valence-electron chi connectivity index (χ1n) is 3.90. The van der Waals surface area contributed by atoms with Gasteiger partial charge in [0.1, 0.15) is 0 Å². The zero-order valence-electron chi connectivity index (χ0n) is 8.23. The van der Waals surface area contributed by atoms with Gasteiger partial charge in [0.2, 0.25) is 0 Å². The minimum Gasteiger partial charge on any atom is -0.369 e. The van der Waals surface area contributed by atoms with E-state index >= 15 is 0 Å². The van der Waals surface area contributed by atoms with Gasteiger partial charge in [0.05, 0.1) is 10.8 Å². The van der Waals surface area contributed by atoms with Gasteiger partial charge in [-0.05, 0) is 22.2 Å². The molecule has 0 bridgehead atoms. The van der Waals surface area contributed by atoms with Crippen LogP contribution in [0.4, 0.5) is 5.82 Å². The second kappa shape index (κ2) is 5.31. The normalized spacial score (nSPS) is 10.9. The monoisotopic (exact) mass is 274 g/mol. The van der Waals surface area contributed by atoms with Crippen LogP contribution in [0.3, 0.4) is 0 Å². The molecule has 0 unspecified atom stereocenters. The molecule has 0 amide bonds. The molecule has 0 fully saturated rings. The summed E-state index contributed by atoms with van der Waals surface area (Å²) in [7, 11) is 3.82. The molecule has 0 aliphatic rings. The Hall–Kier alpha value is -0.620. The number of aliphatic imine (C=N–C) groups is 1. The Morgan fingerprint density at radius 3 is 2.86 bits per heavy atom. The summed E-state index contributed by atoms with van der Waals surface area (Å²) in [5.74, 6) is 0.651. The van der Waals surface area contributed by atoms with Crippen LogP contribution < -0.4 is 0 Å². The average Bonchev–Trinajstić information content (AvgIpc) is 2.16. The number of aromatic nitrogens is 2. The van der Waals surface area contributed by atoms with Crippen LogP contribution in [-0.2, 0) is 0 Å². The molecule has 0 radical (unpaired) electrons. The molecule has 0 atom stereocenters. The molecule has 0 aromatic carbocycles. The first-order valence-corrected chi connectivity index (χ1v) is 5.92. The van der Waals surface area contributed by atoms with E-state index in [2.05, 4.69) is 30.9 Å². The first kappa shape index (κ1) is 11.5. The summed E-state index contributed by atoms with van der Waals surface area (Å²) in [5.41, 5.74) is 0. The molecule has 0 saturated heterocycles. The Morgan fingerprint density at radius 2 is 2.29 bits per heavy atom. The Kier molecular flexibility index (Phi) is 4.34. The summed E-state index contributed by atoms with van der Waals surface area (Å²) in [5, 5.41) is 0.721. The molecule has 1 heterocycles. The number of rotatable bonds is 3. The lowest BCUT2D eigenvalue weighted by Gasteiger charge is -2.03. The zero-order valence-corrected chi connectivity index (χ0v) is 10.6. The molecule has 0 aliphatic heterocycles. The van der Waals surface area contributed by atoms with Gasteiger partial charge in [-0.1, -0.05) is 11.8 Å². The van der Waals surface area contributed by atoms with E-state index in [1.54, 1.807) is 12.5 Å². The zero-order chi connectivity index (χ0) is 10.6. The highest BCUT2D eigenvalue weighted by atomic mass is 79.9. The van der Waals surface area contributed by atoms with Crippen LogP contribution in [0, 0.1) is 0 Å². The molecule has 1 rings (SSSR count). The van der Waals surface area contributed by atoms with Crippen molar-refractivity contribution in [3.05, 3.63) is 10.7 Å². The van der Waals surface area contributed by atoms with Crippen LogP contribution in [0.25, 0.3) is 0 Å². The SMILES string of the molecule is CSc1ncc(Br)c(N=CN(C)C)n1. The maximum atomic E-state index is 4.24. The summed E-state index contributed by atoms with van der Waals surface area (Å²) in [6.45, 7) is 0. The molecule has 0 N–H and O–H groups in total. The lowest BCUT2D eigenvalue weighted by atomic mass is 10.6. The van der Waals surface area contributed by atoms with Gasteiger partial charge in [0, 0.05) is 20.3 Å². The van der Waals surface area contributed by atoms with Crippen molar-refractivity contribution in [3.63, 3.8) is 0 Å². The molecule has 1 aromatic rings. The van der Waals surface area contributed by atoms with Gasteiger partial charge in [-0.25, -0.2) is 15.0 Å². The van der Waals surface area contributed by atoms with Gasteiger partial charge in [-0.2, -0.15) is 0 Å². The topological polar surface area (TPSA) is 41.4 Å². The third-order valence-electron chi connectivity index (χ3n) is 1.30. The smallest absolute Gasteiger partial charge is 0.189 e. The van der Waals surface area contributed by atoms with Crippen molar-refractivity contribution >= 4 is 39.8 Å². The predicted molar refractivity (Wildman–Crippen MR) is 63.4 cm³/mol. The molecule has 1 aromatic heterocycles. The van der Waals surface area contributed by atoms with Gasteiger partial charge in [0.25, 0.3) is 0 Å². The Bertz CT molecular complexity index is 340.